The molecule has 1 aromatic carbocycles. The number of carbonyl (C=O) groups excluding carboxylic acids is 1. The van der Waals surface area contributed by atoms with Gasteiger partial charge in [0, 0.05) is 0 Å². The number of rotatable bonds is 0. The molecule has 0 amide bonds. The molecular formula is C12H14N2O3. The van der Waals surface area contributed by atoms with Crippen molar-refractivity contribution in [3.63, 3.8) is 0 Å². The lowest BCUT2D eigenvalue weighted by Crippen LogP contribution is -2.26. The van der Waals surface area contributed by atoms with Crippen LogP contribution in [0.25, 0.3) is 11.0 Å². The van der Waals surface area contributed by atoms with Crippen LogP contribution in [0.1, 0.15) is 20.8 Å². The van der Waals surface area contributed by atoms with Gasteiger partial charge in [0.15, 0.2) is 0 Å². The first-order chi connectivity index (χ1) is 7.88. The van der Waals surface area contributed by atoms with E-state index in [9.17, 15) is 9.90 Å². The molecule has 2 aromatic rings. The van der Waals surface area contributed by atoms with Crippen molar-refractivity contribution in [2.45, 2.75) is 26.4 Å². The van der Waals surface area contributed by atoms with Crippen molar-refractivity contribution in [2.75, 3.05) is 0 Å². The first kappa shape index (κ1) is 11.4. The molecule has 17 heavy (non-hydrogen) atoms. The predicted octanol–water partition coefficient (Wildman–Crippen LogP) is 2.53. The summed E-state index contributed by atoms with van der Waals surface area (Å²) in [5, 5.41) is 9.57. The average Bonchev–Trinajstić information content (AvgIpc) is 2.60. The fourth-order valence-corrected chi connectivity index (χ4v) is 1.48. The highest BCUT2D eigenvalue weighted by Gasteiger charge is 2.19. The number of imidazole rings is 1. The zero-order valence-corrected chi connectivity index (χ0v) is 9.97. The smallest absolute Gasteiger partial charge is 0.420 e. The predicted molar refractivity (Wildman–Crippen MR) is 63.0 cm³/mol. The molecule has 0 radical (unpaired) electrons. The Balaban J connectivity index is 2.43. The van der Waals surface area contributed by atoms with Gasteiger partial charge in [0.2, 0.25) is 0 Å². The summed E-state index contributed by atoms with van der Waals surface area (Å²) in [4.78, 5) is 15.8. The molecule has 0 aliphatic heterocycles. The molecule has 0 atom stereocenters. The Kier molecular flexibility index (Phi) is 2.53. The van der Waals surface area contributed by atoms with Crippen molar-refractivity contribution < 1.29 is 14.6 Å². The molecule has 0 spiro atoms. The summed E-state index contributed by atoms with van der Waals surface area (Å²) in [6.07, 6.45) is 0.837. The Morgan fingerprint density at radius 1 is 1.41 bits per heavy atom. The Morgan fingerprint density at radius 2 is 2.12 bits per heavy atom. The maximum absolute atomic E-state index is 11.9. The number of nitrogens with zero attached hydrogens (tertiary/aromatic N) is 2. The first-order valence-electron chi connectivity index (χ1n) is 5.27. The molecule has 0 aliphatic rings. The highest BCUT2D eigenvalue weighted by atomic mass is 16.6. The van der Waals surface area contributed by atoms with Crippen LogP contribution in [0.15, 0.2) is 24.5 Å². The maximum atomic E-state index is 11.9. The third-order valence-corrected chi connectivity index (χ3v) is 2.15. The second-order valence-corrected chi connectivity index (χ2v) is 4.74. The number of hydrogen-bond acceptors (Lipinski definition) is 4. The summed E-state index contributed by atoms with van der Waals surface area (Å²) in [6, 6.07) is 4.88. The molecule has 0 aliphatic carbocycles. The van der Waals surface area contributed by atoms with Crippen molar-refractivity contribution in [1.82, 2.24) is 9.55 Å². The van der Waals surface area contributed by atoms with E-state index in [1.807, 2.05) is 0 Å². The molecule has 5 nitrogen and oxygen atoms in total. The molecule has 0 fully saturated rings. The third-order valence-electron chi connectivity index (χ3n) is 2.15. The van der Waals surface area contributed by atoms with E-state index in [-0.39, 0.29) is 5.75 Å². The zero-order chi connectivity index (χ0) is 12.6. The van der Waals surface area contributed by atoms with E-state index >= 15 is 0 Å². The highest BCUT2D eigenvalue weighted by molar-refractivity contribution is 5.89. The van der Waals surface area contributed by atoms with Crippen LogP contribution in [0.5, 0.6) is 5.75 Å². The van der Waals surface area contributed by atoms with Crippen LogP contribution in [0.4, 0.5) is 4.79 Å². The Labute approximate surface area is 98.6 Å². The second-order valence-electron chi connectivity index (χ2n) is 4.74. The SMILES string of the molecule is CC(C)(C)OC(=O)n1cnc2c(O)cccc21. The molecule has 90 valence electrons. The quantitative estimate of drug-likeness (QED) is 0.760. The number of phenols is 1. The zero-order valence-electron chi connectivity index (χ0n) is 9.97. The number of aromatic nitrogens is 2. The van der Waals surface area contributed by atoms with Gasteiger partial charge < -0.3 is 9.84 Å². The highest BCUT2D eigenvalue weighted by Crippen LogP contribution is 2.23. The van der Waals surface area contributed by atoms with Crippen LogP contribution in [0.3, 0.4) is 0 Å². The lowest BCUT2D eigenvalue weighted by atomic mass is 10.2. The number of ether oxygens (including phenoxy) is 1. The molecule has 1 N–H and O–H groups in total. The molecule has 0 saturated heterocycles. The van der Waals surface area contributed by atoms with Gasteiger partial charge in [-0.25, -0.2) is 14.3 Å². The van der Waals surface area contributed by atoms with Gasteiger partial charge in [-0.1, -0.05) is 6.07 Å². The number of phenolic OH excluding ortho intramolecular Hbond substituents is 1. The maximum Gasteiger partial charge on any atom is 0.420 e. The van der Waals surface area contributed by atoms with Gasteiger partial charge in [0.1, 0.15) is 23.2 Å². The van der Waals surface area contributed by atoms with Crippen LogP contribution in [-0.4, -0.2) is 26.4 Å². The van der Waals surface area contributed by atoms with E-state index in [1.165, 1.54) is 17.0 Å². The largest absolute Gasteiger partial charge is 0.506 e. The molecule has 5 heteroatoms. The standard InChI is InChI=1S/C12H14N2O3/c1-12(2,3)17-11(16)14-7-13-10-8(14)5-4-6-9(10)15/h4-7,15H,1-3H3. The van der Waals surface area contributed by atoms with E-state index in [1.54, 1.807) is 32.9 Å². The third kappa shape index (κ3) is 2.22. The summed E-state index contributed by atoms with van der Waals surface area (Å²) in [5.41, 5.74) is 0.349. The number of hydrogen-bond donors (Lipinski definition) is 1. The van der Waals surface area contributed by atoms with Gasteiger partial charge in [-0.15, -0.1) is 0 Å². The van der Waals surface area contributed by atoms with Crippen LogP contribution >= 0.6 is 0 Å². The number of para-hydroxylation sites is 1. The van der Waals surface area contributed by atoms with Gasteiger partial charge in [-0.2, -0.15) is 0 Å². The molecule has 0 unspecified atom stereocenters. The summed E-state index contributed by atoms with van der Waals surface area (Å²) >= 11 is 0. The van der Waals surface area contributed by atoms with Gasteiger partial charge in [-0.3, -0.25) is 0 Å². The fourth-order valence-electron chi connectivity index (χ4n) is 1.48. The molecular weight excluding hydrogens is 220 g/mol. The second kappa shape index (κ2) is 3.76. The van der Waals surface area contributed by atoms with Gasteiger partial charge in [-0.05, 0) is 32.9 Å². The summed E-state index contributed by atoms with van der Waals surface area (Å²) < 4.78 is 6.51. The van der Waals surface area contributed by atoms with Crippen molar-refractivity contribution in [3.8, 4) is 5.75 Å². The number of carbonyl (C=O) groups is 1. The number of fused-ring (bicyclic) bond motifs is 1. The minimum Gasteiger partial charge on any atom is -0.506 e. The molecule has 1 heterocycles. The van der Waals surface area contributed by atoms with Crippen LogP contribution < -0.4 is 0 Å². The van der Waals surface area contributed by atoms with Gasteiger partial charge >= 0.3 is 6.09 Å². The van der Waals surface area contributed by atoms with E-state index in [4.69, 9.17) is 4.74 Å². The molecule has 0 saturated carbocycles. The fraction of sp³-hybridized carbons (Fsp3) is 0.333. The minimum atomic E-state index is -0.565. The number of aromatic hydroxyl groups is 1. The van der Waals surface area contributed by atoms with Crippen LogP contribution in [0, 0.1) is 0 Å². The summed E-state index contributed by atoms with van der Waals surface area (Å²) in [7, 11) is 0. The minimum absolute atomic E-state index is 0.0461. The summed E-state index contributed by atoms with van der Waals surface area (Å²) in [5.74, 6) is 0.0461. The molecule has 2 rings (SSSR count). The molecule has 0 bridgehead atoms. The van der Waals surface area contributed by atoms with Crippen LogP contribution in [-0.2, 0) is 4.74 Å². The Hall–Kier alpha value is -2.04. The first-order valence-corrected chi connectivity index (χ1v) is 5.27. The average molecular weight is 234 g/mol. The monoisotopic (exact) mass is 234 g/mol. The Morgan fingerprint density at radius 3 is 2.76 bits per heavy atom. The van der Waals surface area contributed by atoms with E-state index < -0.39 is 11.7 Å². The van der Waals surface area contributed by atoms with Crippen molar-refractivity contribution >= 4 is 17.1 Å². The van der Waals surface area contributed by atoms with E-state index in [0.29, 0.717) is 11.0 Å². The van der Waals surface area contributed by atoms with Crippen LogP contribution in [0.2, 0.25) is 0 Å². The number of benzene rings is 1. The van der Waals surface area contributed by atoms with Crippen molar-refractivity contribution in [1.29, 1.82) is 0 Å². The topological polar surface area (TPSA) is 64.4 Å². The molecule has 1 aromatic heterocycles. The van der Waals surface area contributed by atoms with E-state index in [2.05, 4.69) is 4.98 Å². The van der Waals surface area contributed by atoms with Gasteiger partial charge in [0.25, 0.3) is 0 Å². The normalized spacial score (nSPS) is 11.7. The Bertz CT molecular complexity index is 567. The lowest BCUT2D eigenvalue weighted by Gasteiger charge is -2.19. The summed E-state index contributed by atoms with van der Waals surface area (Å²) in [6.45, 7) is 5.38. The van der Waals surface area contributed by atoms with E-state index in [0.717, 1.165) is 0 Å². The van der Waals surface area contributed by atoms with Crippen molar-refractivity contribution in [3.05, 3.63) is 24.5 Å². The lowest BCUT2D eigenvalue weighted by molar-refractivity contribution is 0.0543. The van der Waals surface area contributed by atoms with Crippen molar-refractivity contribution in [2.24, 2.45) is 0 Å². The van der Waals surface area contributed by atoms with Gasteiger partial charge in [0.05, 0.1) is 5.52 Å².